The van der Waals surface area contributed by atoms with Crippen molar-refractivity contribution in [2.45, 2.75) is 50.0 Å². The van der Waals surface area contributed by atoms with Crippen molar-refractivity contribution in [2.75, 3.05) is 38.6 Å². The van der Waals surface area contributed by atoms with E-state index in [2.05, 4.69) is 4.98 Å². The predicted octanol–water partition coefficient (Wildman–Crippen LogP) is 5.55. The topological polar surface area (TPSA) is 73.8 Å². The fourth-order valence-corrected chi connectivity index (χ4v) is 7.45. The van der Waals surface area contributed by atoms with Crippen LogP contribution in [0.1, 0.15) is 49.4 Å². The van der Waals surface area contributed by atoms with E-state index in [-0.39, 0.29) is 39.9 Å². The van der Waals surface area contributed by atoms with E-state index in [0.717, 1.165) is 43.1 Å². The summed E-state index contributed by atoms with van der Waals surface area (Å²) in [5.41, 5.74) is 0.306. The summed E-state index contributed by atoms with van der Waals surface area (Å²) in [5, 5.41) is 0.263. The van der Waals surface area contributed by atoms with Crippen molar-refractivity contribution >= 4 is 55.0 Å². The highest BCUT2D eigenvalue weighted by Gasteiger charge is 2.32. The number of anilines is 1. The molecule has 0 N–H and O–H groups in total. The Labute approximate surface area is 232 Å². The van der Waals surface area contributed by atoms with Gasteiger partial charge in [-0.1, -0.05) is 24.7 Å². The molecule has 1 aromatic heterocycles. The Kier molecular flexibility index (Phi) is 10.2. The first kappa shape index (κ1) is 30.4. The molecule has 208 valence electrons. The van der Waals surface area contributed by atoms with E-state index in [9.17, 15) is 22.0 Å². The second kappa shape index (κ2) is 12.8. The van der Waals surface area contributed by atoms with E-state index in [1.807, 2.05) is 25.9 Å². The molecule has 1 aliphatic heterocycles. The van der Waals surface area contributed by atoms with Crippen LogP contribution in [0, 0.1) is 11.6 Å². The van der Waals surface area contributed by atoms with E-state index in [4.69, 9.17) is 0 Å². The Morgan fingerprint density at radius 3 is 2.50 bits per heavy atom. The molecule has 4 rings (SSSR count). The number of benzene rings is 2. The Morgan fingerprint density at radius 1 is 1.13 bits per heavy atom. The van der Waals surface area contributed by atoms with Crippen LogP contribution in [0.3, 0.4) is 0 Å². The third-order valence-corrected chi connectivity index (χ3v) is 9.61. The molecule has 1 amide bonds. The highest BCUT2D eigenvalue weighted by atomic mass is 35.5. The van der Waals surface area contributed by atoms with E-state index in [1.165, 1.54) is 35.2 Å². The van der Waals surface area contributed by atoms with Crippen molar-refractivity contribution in [3.05, 3.63) is 53.6 Å². The van der Waals surface area contributed by atoms with E-state index in [0.29, 0.717) is 36.3 Å². The van der Waals surface area contributed by atoms with Crippen molar-refractivity contribution in [1.29, 1.82) is 0 Å². The lowest BCUT2D eigenvalue weighted by atomic mass is 10.0. The quantitative estimate of drug-likeness (QED) is 0.329. The number of sulfonamides is 1. The number of fused-ring (bicyclic) bond motifs is 1. The van der Waals surface area contributed by atoms with Gasteiger partial charge >= 0.3 is 0 Å². The van der Waals surface area contributed by atoms with Crippen molar-refractivity contribution < 1.29 is 22.0 Å². The van der Waals surface area contributed by atoms with Gasteiger partial charge < -0.3 is 4.90 Å². The summed E-state index contributed by atoms with van der Waals surface area (Å²) in [4.78, 5) is 21.5. The van der Waals surface area contributed by atoms with Gasteiger partial charge in [-0.05, 0) is 76.7 Å². The molecule has 0 bridgehead atoms. The van der Waals surface area contributed by atoms with Gasteiger partial charge in [0.25, 0.3) is 5.91 Å². The van der Waals surface area contributed by atoms with E-state index < -0.39 is 21.7 Å². The van der Waals surface area contributed by atoms with Crippen LogP contribution in [0.2, 0.25) is 0 Å². The van der Waals surface area contributed by atoms with Crippen LogP contribution in [0.15, 0.2) is 41.3 Å². The van der Waals surface area contributed by atoms with Crippen molar-refractivity contribution in [2.24, 2.45) is 0 Å². The molecule has 1 aliphatic rings. The van der Waals surface area contributed by atoms with Gasteiger partial charge in [0.15, 0.2) is 10.9 Å². The van der Waals surface area contributed by atoms with Gasteiger partial charge in [0.1, 0.15) is 11.3 Å². The number of carbonyl (C=O) groups excluding carboxylic acids is 1. The second-order valence-electron chi connectivity index (χ2n) is 9.54. The summed E-state index contributed by atoms with van der Waals surface area (Å²) in [7, 11) is 0.174. The molecule has 1 unspecified atom stereocenters. The molecule has 1 fully saturated rings. The number of carbonyl (C=O) groups is 1. The minimum atomic E-state index is -3.67. The number of halogens is 3. The maximum atomic E-state index is 14.3. The maximum absolute atomic E-state index is 14.3. The first-order chi connectivity index (χ1) is 17.6. The number of thiazole rings is 1. The van der Waals surface area contributed by atoms with Gasteiger partial charge in [-0.3, -0.25) is 9.69 Å². The Morgan fingerprint density at radius 2 is 1.84 bits per heavy atom. The number of hydrogen-bond acceptors (Lipinski definition) is 6. The van der Waals surface area contributed by atoms with Crippen LogP contribution in [-0.2, 0) is 10.0 Å². The molecule has 7 nitrogen and oxygen atoms in total. The molecule has 0 spiro atoms. The predicted molar refractivity (Wildman–Crippen MR) is 150 cm³/mol. The lowest BCUT2D eigenvalue weighted by Gasteiger charge is -2.34. The SMILES string of the molecule is CCC1CCCCN1S(=O)(=O)c1ccc(C(=O)N(CCCN(C)C)c2nc3c(F)cc(F)cc3s2)cc1.Cl. The van der Waals surface area contributed by atoms with Gasteiger partial charge in [-0.25, -0.2) is 22.2 Å². The third-order valence-electron chi connectivity index (χ3n) is 6.62. The summed E-state index contributed by atoms with van der Waals surface area (Å²) >= 11 is 1.04. The Bertz CT molecular complexity index is 1370. The monoisotopic (exact) mass is 586 g/mol. The molecule has 0 saturated carbocycles. The zero-order valence-corrected chi connectivity index (χ0v) is 24.1. The molecule has 2 aromatic carbocycles. The summed E-state index contributed by atoms with van der Waals surface area (Å²) in [6.45, 7) is 3.51. The standard InChI is InChI=1S/C26H32F2N4O3S2.ClH/c1-4-20-8-5-6-15-32(20)37(34,35)21-11-9-18(10-12-21)25(33)31(14-7-13-30(2)3)26-29-24-22(28)16-19(27)17-23(24)36-26;/h9-12,16-17,20H,4-8,13-15H2,1-3H3;1H. The summed E-state index contributed by atoms with van der Waals surface area (Å²) < 4.78 is 56.5. The van der Waals surface area contributed by atoms with E-state index in [1.54, 1.807) is 4.31 Å². The first-order valence-electron chi connectivity index (χ1n) is 12.5. The fraction of sp³-hybridized carbons (Fsp3) is 0.462. The van der Waals surface area contributed by atoms with Gasteiger partial charge in [0.2, 0.25) is 10.0 Å². The molecule has 0 radical (unpaired) electrons. The average Bonchev–Trinajstić information content (AvgIpc) is 3.30. The normalized spacial score (nSPS) is 16.5. The molecule has 12 heteroatoms. The molecular weight excluding hydrogens is 554 g/mol. The average molecular weight is 587 g/mol. The number of nitrogens with zero attached hydrogens (tertiary/aromatic N) is 4. The molecule has 1 saturated heterocycles. The Hall–Kier alpha value is -2.18. The second-order valence-corrected chi connectivity index (χ2v) is 12.4. The summed E-state index contributed by atoms with van der Waals surface area (Å²) in [5.74, 6) is -1.87. The third kappa shape index (κ3) is 6.51. The molecule has 0 aliphatic carbocycles. The van der Waals surface area contributed by atoms with Crippen molar-refractivity contribution in [3.63, 3.8) is 0 Å². The molecule has 38 heavy (non-hydrogen) atoms. The van der Waals surface area contributed by atoms with Crippen LogP contribution >= 0.6 is 23.7 Å². The number of hydrogen-bond donors (Lipinski definition) is 0. The van der Waals surface area contributed by atoms with Gasteiger partial charge in [-0.15, -0.1) is 12.4 Å². The lowest BCUT2D eigenvalue weighted by molar-refractivity contribution is 0.0986. The zero-order valence-electron chi connectivity index (χ0n) is 21.7. The summed E-state index contributed by atoms with van der Waals surface area (Å²) in [6, 6.07) is 7.90. The molecular formula is C26H33ClF2N4O3S2. The Balaban J connectivity index is 0.00000400. The molecule has 2 heterocycles. The fourth-order valence-electron chi connectivity index (χ4n) is 4.65. The minimum absolute atomic E-state index is 0. The van der Waals surface area contributed by atoms with Gasteiger partial charge in [0, 0.05) is 30.8 Å². The van der Waals surface area contributed by atoms with Crippen LogP contribution < -0.4 is 4.90 Å². The smallest absolute Gasteiger partial charge is 0.260 e. The van der Waals surface area contributed by atoms with Crippen LogP contribution in [0.4, 0.5) is 13.9 Å². The number of rotatable bonds is 9. The minimum Gasteiger partial charge on any atom is -0.309 e. The highest BCUT2D eigenvalue weighted by molar-refractivity contribution is 7.89. The van der Waals surface area contributed by atoms with Crippen LogP contribution in [0.5, 0.6) is 0 Å². The first-order valence-corrected chi connectivity index (χ1v) is 14.7. The summed E-state index contributed by atoms with van der Waals surface area (Å²) in [6.07, 6.45) is 4.08. The zero-order chi connectivity index (χ0) is 26.7. The van der Waals surface area contributed by atoms with E-state index >= 15 is 0 Å². The lowest BCUT2D eigenvalue weighted by Crippen LogP contribution is -2.43. The highest BCUT2D eigenvalue weighted by Crippen LogP contribution is 2.32. The molecule has 1 atom stereocenters. The van der Waals surface area contributed by atoms with Crippen molar-refractivity contribution in [3.8, 4) is 0 Å². The molecule has 3 aromatic rings. The van der Waals surface area contributed by atoms with Crippen LogP contribution in [-0.4, -0.2) is 68.3 Å². The van der Waals surface area contributed by atoms with Crippen LogP contribution in [0.25, 0.3) is 10.2 Å². The maximum Gasteiger partial charge on any atom is 0.260 e. The number of piperidine rings is 1. The number of aromatic nitrogens is 1. The largest absolute Gasteiger partial charge is 0.309 e. The number of amides is 1. The van der Waals surface area contributed by atoms with Crippen molar-refractivity contribution in [1.82, 2.24) is 14.2 Å². The van der Waals surface area contributed by atoms with Gasteiger partial charge in [-0.2, -0.15) is 4.31 Å². The van der Waals surface area contributed by atoms with Gasteiger partial charge in [0.05, 0.1) is 9.60 Å².